The first-order valence-electron chi connectivity index (χ1n) is 33.5. The summed E-state index contributed by atoms with van der Waals surface area (Å²) < 4.78 is 67.8. The maximum absolute atomic E-state index is 13.0. The molecule has 0 fully saturated rings. The molecule has 33 heteroatoms. The first kappa shape index (κ1) is 104. The van der Waals surface area contributed by atoms with E-state index < -0.39 is 99.9 Å². The van der Waals surface area contributed by atoms with Crippen molar-refractivity contribution in [3.63, 3.8) is 0 Å². The highest BCUT2D eigenvalue weighted by Gasteiger charge is 2.34. The van der Waals surface area contributed by atoms with Crippen molar-refractivity contribution >= 4 is 72.1 Å². The average molecular weight is 1480 g/mol. The van der Waals surface area contributed by atoms with E-state index >= 15 is 0 Å². The van der Waals surface area contributed by atoms with E-state index in [1.54, 1.807) is 96.9 Å². The highest BCUT2D eigenvalue weighted by Crippen LogP contribution is 2.26. The molecule has 4 amide bonds. The Morgan fingerprint density at radius 1 is 0.359 bits per heavy atom. The van der Waals surface area contributed by atoms with E-state index in [1.165, 1.54) is 0 Å². The summed E-state index contributed by atoms with van der Waals surface area (Å²) in [6.07, 6.45) is 0.791. The summed E-state index contributed by atoms with van der Waals surface area (Å²) in [5, 5.41) is 28.2. The van der Waals surface area contributed by atoms with Crippen molar-refractivity contribution in [3.05, 3.63) is 24.3 Å². The fourth-order valence-corrected chi connectivity index (χ4v) is 7.31. The van der Waals surface area contributed by atoms with Crippen LogP contribution in [-0.2, 0) is 119 Å². The monoisotopic (exact) mass is 1480 g/mol. The van der Waals surface area contributed by atoms with Crippen molar-refractivity contribution in [2.75, 3.05) is 106 Å². The van der Waals surface area contributed by atoms with Crippen molar-refractivity contribution in [1.82, 2.24) is 21.3 Å². The summed E-state index contributed by atoms with van der Waals surface area (Å²) in [4.78, 5) is 153. The Kier molecular flexibility index (Phi) is 58.1. The molecule has 0 saturated heterocycles. The topological polar surface area (TPSA) is 448 Å². The van der Waals surface area contributed by atoms with E-state index in [-0.39, 0.29) is 114 Å². The van der Waals surface area contributed by atoms with Gasteiger partial charge >= 0.3 is 72.1 Å². The molecular weight excluding hydrogens is 1360 g/mol. The lowest BCUT2D eigenvalue weighted by Crippen LogP contribution is -2.53. The minimum absolute atomic E-state index is 0.000771. The molecule has 0 radical (unpaired) electrons. The smallest absolute Gasteiger partial charge is 0.373 e. The first-order valence-corrected chi connectivity index (χ1v) is 33.5. The number of urea groups is 2. The van der Waals surface area contributed by atoms with Gasteiger partial charge in [-0.15, -0.1) is 0 Å². The molecule has 0 aromatic carbocycles. The molecule has 0 aliphatic rings. The van der Waals surface area contributed by atoms with Gasteiger partial charge in [-0.1, -0.05) is 54.7 Å². The molecule has 0 bridgehead atoms. The van der Waals surface area contributed by atoms with E-state index in [0.29, 0.717) is 83.4 Å². The standard InChI is InChI=1S/C34H60N2O12.C22H40N2O7.C12H22O6.2CO2/c1-24(2)29(39)46-23-21-44-19-17-42-16-18-43-20-22-45-27(37)14-12-25(30(40)48-34(9,10)11)35-31(41)36-26(32(3,4)5)13-15-28(38)47-33(6,7)8;1-20(2,3)15(11-13-17(27)30-21(4,5)6)24-19(29)23-14(10-12-16(25)26)18(28)31-22(7,8)9;1-11(2)12(14)18-10-9-17-8-7-16-6-5-15-4-3-13;2*2-1-3/h25-26H,1,12-23H2,2-11H3,(H2,35,36,41);14-15H,10-13H2,1-9H3,(H,25,26)(H2,23,24,29);13H,1,3-10H2,2H3;;/t25-,26-;14-,15-;;;/m00.../s1. The van der Waals surface area contributed by atoms with Crippen LogP contribution in [-0.4, -0.2) is 235 Å². The third-order valence-electron chi connectivity index (χ3n) is 11.9. The molecule has 103 heavy (non-hydrogen) atoms. The van der Waals surface area contributed by atoms with Crippen LogP contribution in [0.15, 0.2) is 24.3 Å². The highest BCUT2D eigenvalue weighted by molar-refractivity contribution is 5.88. The number of aliphatic hydroxyl groups is 1. The largest absolute Gasteiger partial charge is 0.481 e. The van der Waals surface area contributed by atoms with Gasteiger partial charge < -0.3 is 93.1 Å². The molecule has 0 aromatic rings. The fourth-order valence-electron chi connectivity index (χ4n) is 7.31. The number of carbonyl (C=O) groups is 10. The van der Waals surface area contributed by atoms with Crippen molar-refractivity contribution in [3.8, 4) is 0 Å². The summed E-state index contributed by atoms with van der Waals surface area (Å²) in [5.74, 6) is -4.65. The zero-order valence-electron chi connectivity index (χ0n) is 64.6. The van der Waals surface area contributed by atoms with Crippen LogP contribution in [0.5, 0.6) is 0 Å². The number of rotatable bonds is 43. The number of hydrogen-bond acceptors (Lipinski definition) is 28. The molecule has 0 aliphatic heterocycles. The van der Waals surface area contributed by atoms with Crippen LogP contribution in [0.1, 0.15) is 190 Å². The first-order chi connectivity index (χ1) is 47.4. The average Bonchev–Trinajstić information content (AvgIpc) is 0.868. The molecule has 0 heterocycles. The zero-order chi connectivity index (χ0) is 80.6. The normalized spacial score (nSPS) is 12.4. The Morgan fingerprint density at radius 3 is 0.864 bits per heavy atom. The van der Waals surface area contributed by atoms with Crippen molar-refractivity contribution < 1.29 is 139 Å². The van der Waals surface area contributed by atoms with Gasteiger partial charge in [0.15, 0.2) is 0 Å². The lowest BCUT2D eigenvalue weighted by Gasteiger charge is -2.32. The number of amides is 4. The van der Waals surface area contributed by atoms with E-state index in [2.05, 4.69) is 34.4 Å². The molecule has 33 nitrogen and oxygen atoms in total. The van der Waals surface area contributed by atoms with E-state index in [1.807, 2.05) is 41.5 Å². The van der Waals surface area contributed by atoms with E-state index in [4.69, 9.17) is 91.0 Å². The van der Waals surface area contributed by atoms with E-state index in [0.717, 1.165) is 0 Å². The lowest BCUT2D eigenvalue weighted by atomic mass is 9.84. The summed E-state index contributed by atoms with van der Waals surface area (Å²) >= 11 is 0. The second-order valence-electron chi connectivity index (χ2n) is 28.6. The predicted molar refractivity (Wildman–Crippen MR) is 370 cm³/mol. The van der Waals surface area contributed by atoms with Crippen LogP contribution in [0.25, 0.3) is 0 Å². The second kappa shape index (κ2) is 57.6. The van der Waals surface area contributed by atoms with Crippen LogP contribution in [0.4, 0.5) is 9.59 Å². The number of ether oxygens (including phenoxy) is 13. The Labute approximate surface area is 607 Å². The second-order valence-corrected chi connectivity index (χ2v) is 28.6. The zero-order valence-corrected chi connectivity index (χ0v) is 64.6. The number of carboxylic acids is 1. The number of aliphatic hydroxyl groups excluding tert-OH is 1. The number of hydrogen-bond donors (Lipinski definition) is 6. The third-order valence-corrected chi connectivity index (χ3v) is 11.9. The molecular formula is C70H122N4O29. The maximum atomic E-state index is 13.0. The molecule has 4 atom stereocenters. The van der Waals surface area contributed by atoms with E-state index in [9.17, 15) is 47.9 Å². The van der Waals surface area contributed by atoms with Crippen molar-refractivity contribution in [2.45, 2.75) is 236 Å². The number of aliphatic carboxylic acids is 1. The molecule has 6 N–H and O–H groups in total. The van der Waals surface area contributed by atoms with Gasteiger partial charge in [-0.3, -0.25) is 19.2 Å². The number of nitrogens with one attached hydrogen (secondary N) is 4. The van der Waals surface area contributed by atoms with Crippen LogP contribution >= 0.6 is 0 Å². The Bertz CT molecular complexity index is 2550. The van der Waals surface area contributed by atoms with Gasteiger partial charge in [-0.2, -0.15) is 19.2 Å². The minimum Gasteiger partial charge on any atom is -0.481 e. The molecule has 0 aromatic heterocycles. The highest BCUT2D eigenvalue weighted by atomic mass is 16.6. The van der Waals surface area contributed by atoms with Crippen LogP contribution in [0.2, 0.25) is 0 Å². The minimum atomic E-state index is -1.12. The predicted octanol–water partition coefficient (Wildman–Crippen LogP) is 6.40. The lowest BCUT2D eigenvalue weighted by molar-refractivity contribution is -0.193. The Morgan fingerprint density at radius 2 is 0.612 bits per heavy atom. The summed E-state index contributed by atoms with van der Waals surface area (Å²) in [5.41, 5.74) is -2.88. The molecule has 0 rings (SSSR count). The van der Waals surface area contributed by atoms with Crippen LogP contribution in [0.3, 0.4) is 0 Å². The van der Waals surface area contributed by atoms with Gasteiger partial charge in [0, 0.05) is 48.9 Å². The Balaban J connectivity index is -0.000000494. The van der Waals surface area contributed by atoms with Crippen molar-refractivity contribution in [2.24, 2.45) is 10.8 Å². The molecule has 0 spiro atoms. The van der Waals surface area contributed by atoms with Crippen molar-refractivity contribution in [1.29, 1.82) is 0 Å². The number of carboxylic acid groups (broad SMARTS) is 1. The summed E-state index contributed by atoms with van der Waals surface area (Å²) in [6.45, 7) is 47.0. The quantitative estimate of drug-likeness (QED) is 0.0166. The molecule has 0 unspecified atom stereocenters. The molecule has 0 aliphatic carbocycles. The van der Waals surface area contributed by atoms with Gasteiger partial charge in [0.25, 0.3) is 0 Å². The number of esters is 7. The van der Waals surface area contributed by atoms with Gasteiger partial charge in [0.1, 0.15) is 54.3 Å². The summed E-state index contributed by atoms with van der Waals surface area (Å²) in [6, 6.07) is -4.30. The molecule has 0 saturated carbocycles. The van der Waals surface area contributed by atoms with Gasteiger partial charge in [-0.25, -0.2) is 28.8 Å². The van der Waals surface area contributed by atoms with Gasteiger partial charge in [0.2, 0.25) is 0 Å². The molecule has 596 valence electrons. The SMILES string of the molecule is C=C(C)C(=O)OCCOCCOCCOCCO.C=C(C)C(=O)OCCOCCOCCOCCOC(=O)CC[C@H](NC(=O)N[C@@H](CCC(=O)OC(C)(C)C)C(C)(C)C)C(=O)OC(C)(C)C.CC(C)(C)OC(=O)CC[C@H](NC(=O)N[C@@H](CCC(=O)O)C(=O)OC(C)(C)C)C(C)(C)C.O=C=O.O=C=O. The van der Waals surface area contributed by atoms with Crippen LogP contribution < -0.4 is 21.3 Å². The Hall–Kier alpha value is -7.74. The van der Waals surface area contributed by atoms with Gasteiger partial charge in [-0.05, 0) is 133 Å². The summed E-state index contributed by atoms with van der Waals surface area (Å²) in [7, 11) is 0. The maximum Gasteiger partial charge on any atom is 0.373 e. The number of carbonyl (C=O) groups excluding carboxylic acids is 13. The third kappa shape index (κ3) is 72.4. The fraction of sp³-hybridized carbons (Fsp3) is 0.771. The van der Waals surface area contributed by atoms with Crippen LogP contribution in [0, 0.1) is 10.8 Å². The van der Waals surface area contributed by atoms with Gasteiger partial charge in [0.05, 0.1) is 85.9 Å².